The summed E-state index contributed by atoms with van der Waals surface area (Å²) in [7, 11) is 0. The molecule has 0 bridgehead atoms. The second-order valence-corrected chi connectivity index (χ2v) is 8.92. The number of aliphatic hydroxyl groups excluding tert-OH is 1. The first-order valence-corrected chi connectivity index (χ1v) is 11.1. The van der Waals surface area contributed by atoms with Gasteiger partial charge < -0.3 is 14.6 Å². The highest BCUT2D eigenvalue weighted by Crippen LogP contribution is 2.45. The first kappa shape index (κ1) is 20.3. The first-order chi connectivity index (χ1) is 15.4. The van der Waals surface area contributed by atoms with Gasteiger partial charge in [-0.25, -0.2) is 0 Å². The molecular formula is C25H21NO5S. The zero-order valence-electron chi connectivity index (χ0n) is 17.8. The van der Waals surface area contributed by atoms with Gasteiger partial charge in [-0.3, -0.25) is 14.5 Å². The Kier molecular flexibility index (Phi) is 4.78. The lowest BCUT2D eigenvalue weighted by Gasteiger charge is -2.25. The van der Waals surface area contributed by atoms with Gasteiger partial charge in [-0.1, -0.05) is 6.07 Å². The number of ketones is 1. The summed E-state index contributed by atoms with van der Waals surface area (Å²) in [5.74, 6) is -0.542. The molecule has 2 aliphatic rings. The van der Waals surface area contributed by atoms with Crippen molar-refractivity contribution in [2.75, 3.05) is 11.7 Å². The van der Waals surface area contributed by atoms with Gasteiger partial charge in [-0.15, -0.1) is 11.3 Å². The summed E-state index contributed by atoms with van der Waals surface area (Å²) in [5, 5.41) is 13.2. The van der Waals surface area contributed by atoms with Gasteiger partial charge in [0, 0.05) is 16.1 Å². The van der Waals surface area contributed by atoms with E-state index in [2.05, 4.69) is 0 Å². The van der Waals surface area contributed by atoms with Gasteiger partial charge in [0.1, 0.15) is 11.8 Å². The van der Waals surface area contributed by atoms with Gasteiger partial charge in [0.25, 0.3) is 11.7 Å². The van der Waals surface area contributed by atoms with Crippen molar-refractivity contribution in [3.63, 3.8) is 0 Å². The van der Waals surface area contributed by atoms with E-state index < -0.39 is 17.7 Å². The minimum absolute atomic E-state index is 0.0673. The number of amides is 1. The molecule has 32 heavy (non-hydrogen) atoms. The Hall–Kier alpha value is -3.58. The summed E-state index contributed by atoms with van der Waals surface area (Å²) in [6.07, 6.45) is 0. The fraction of sp³-hybridized carbons (Fsp3) is 0.200. The molecule has 7 heteroatoms. The van der Waals surface area contributed by atoms with Crippen molar-refractivity contribution in [1.82, 2.24) is 0 Å². The van der Waals surface area contributed by atoms with E-state index in [1.54, 1.807) is 18.2 Å². The molecule has 3 aromatic rings. The number of benzene rings is 2. The second-order valence-electron chi connectivity index (χ2n) is 7.97. The van der Waals surface area contributed by atoms with Gasteiger partial charge in [0.05, 0.1) is 5.57 Å². The Balaban J connectivity index is 1.71. The number of aliphatic hydroxyl groups is 1. The minimum atomic E-state index is -0.720. The van der Waals surface area contributed by atoms with E-state index in [9.17, 15) is 14.7 Å². The summed E-state index contributed by atoms with van der Waals surface area (Å²) in [5.41, 5.74) is 4.14. The van der Waals surface area contributed by atoms with Crippen molar-refractivity contribution in [2.45, 2.75) is 26.8 Å². The third kappa shape index (κ3) is 3.08. The van der Waals surface area contributed by atoms with Crippen molar-refractivity contribution in [1.29, 1.82) is 0 Å². The van der Waals surface area contributed by atoms with Crippen molar-refractivity contribution in [3.8, 4) is 11.5 Å². The van der Waals surface area contributed by atoms with Crippen LogP contribution >= 0.6 is 11.3 Å². The molecule has 3 heterocycles. The maximum atomic E-state index is 13.2. The zero-order valence-corrected chi connectivity index (χ0v) is 18.7. The molecule has 1 unspecified atom stereocenters. The summed E-state index contributed by atoms with van der Waals surface area (Å²) < 4.78 is 10.8. The summed E-state index contributed by atoms with van der Waals surface area (Å²) in [6, 6.07) is 11.9. The van der Waals surface area contributed by atoms with Gasteiger partial charge in [-0.2, -0.15) is 0 Å². The summed E-state index contributed by atoms with van der Waals surface area (Å²) in [6.45, 7) is 6.00. The minimum Gasteiger partial charge on any atom is -0.507 e. The van der Waals surface area contributed by atoms with Crippen LogP contribution in [-0.4, -0.2) is 23.6 Å². The number of carbonyl (C=O) groups excluding carboxylic acids is 2. The van der Waals surface area contributed by atoms with E-state index in [0.29, 0.717) is 22.7 Å². The number of ether oxygens (including phenoxy) is 2. The number of aryl methyl sites for hydroxylation is 3. The highest BCUT2D eigenvalue weighted by molar-refractivity contribution is 7.10. The van der Waals surface area contributed by atoms with Crippen LogP contribution in [-0.2, 0) is 9.59 Å². The van der Waals surface area contributed by atoms with E-state index in [1.807, 2.05) is 50.4 Å². The number of Topliss-reactive ketones (excluding diaryl/α,β-unsaturated/α-hetero) is 1. The smallest absolute Gasteiger partial charge is 0.300 e. The molecule has 6 nitrogen and oxygen atoms in total. The van der Waals surface area contributed by atoms with Crippen molar-refractivity contribution in [3.05, 3.63) is 80.5 Å². The largest absolute Gasteiger partial charge is 0.507 e. The van der Waals surface area contributed by atoms with E-state index in [-0.39, 0.29) is 18.1 Å². The number of hydrogen-bond acceptors (Lipinski definition) is 6. The SMILES string of the molecule is Cc1ccc(N2C(=O)C(=O)/C(=C(\O)c3ccc4c(c3)OCO4)C2c2sccc2C)cc1C. The zero-order chi connectivity index (χ0) is 22.6. The average Bonchev–Trinajstić information content (AvgIpc) is 3.48. The number of anilines is 1. The normalized spacial score (nSPS) is 19.1. The molecule has 2 aromatic carbocycles. The maximum absolute atomic E-state index is 13.2. The Labute approximate surface area is 189 Å². The first-order valence-electron chi connectivity index (χ1n) is 10.2. The van der Waals surface area contributed by atoms with Crippen LogP contribution < -0.4 is 14.4 Å². The van der Waals surface area contributed by atoms with Crippen LogP contribution in [0, 0.1) is 20.8 Å². The molecule has 1 atom stereocenters. The van der Waals surface area contributed by atoms with Gasteiger partial charge in [0.15, 0.2) is 11.5 Å². The molecular weight excluding hydrogens is 426 g/mol. The molecule has 0 aliphatic carbocycles. The third-order valence-electron chi connectivity index (χ3n) is 6.01. The molecule has 0 radical (unpaired) electrons. The predicted octanol–water partition coefficient (Wildman–Crippen LogP) is 5.03. The van der Waals surface area contributed by atoms with E-state index in [1.165, 1.54) is 16.2 Å². The third-order valence-corrected chi connectivity index (χ3v) is 7.08. The second kappa shape index (κ2) is 7.53. The Morgan fingerprint density at radius 3 is 2.47 bits per heavy atom. The lowest BCUT2D eigenvalue weighted by Crippen LogP contribution is -2.29. The number of nitrogens with zero attached hydrogens (tertiary/aromatic N) is 1. The van der Waals surface area contributed by atoms with E-state index in [4.69, 9.17) is 9.47 Å². The van der Waals surface area contributed by atoms with Crippen molar-refractivity contribution < 1.29 is 24.2 Å². The number of fused-ring (bicyclic) bond motifs is 1. The van der Waals surface area contributed by atoms with Crippen LogP contribution in [0.4, 0.5) is 5.69 Å². The molecule has 0 saturated carbocycles. The Morgan fingerprint density at radius 2 is 1.75 bits per heavy atom. The van der Waals surface area contributed by atoms with Crippen LogP contribution in [0.25, 0.3) is 5.76 Å². The maximum Gasteiger partial charge on any atom is 0.300 e. The van der Waals surface area contributed by atoms with Crippen LogP contribution in [0.1, 0.15) is 33.2 Å². The van der Waals surface area contributed by atoms with Crippen LogP contribution in [0.2, 0.25) is 0 Å². The molecule has 1 amide bonds. The van der Waals surface area contributed by atoms with Gasteiger partial charge >= 0.3 is 0 Å². The highest BCUT2D eigenvalue weighted by Gasteiger charge is 2.48. The average molecular weight is 448 g/mol. The standard InChI is InChI=1S/C25H21NO5S/c1-13-4-6-17(10-15(13)3)26-21(24-14(2)8-9-32-24)20(23(28)25(26)29)22(27)16-5-7-18-19(11-16)31-12-30-18/h4-11,21,27H,12H2,1-3H3/b22-20-. The number of rotatable bonds is 3. The van der Waals surface area contributed by atoms with E-state index in [0.717, 1.165) is 21.6 Å². The molecule has 1 saturated heterocycles. The lowest BCUT2D eigenvalue weighted by molar-refractivity contribution is -0.132. The fourth-order valence-corrected chi connectivity index (χ4v) is 5.11. The quantitative estimate of drug-likeness (QED) is 0.346. The predicted molar refractivity (Wildman–Crippen MR) is 122 cm³/mol. The number of carbonyl (C=O) groups is 2. The summed E-state index contributed by atoms with van der Waals surface area (Å²) in [4.78, 5) is 28.8. The van der Waals surface area contributed by atoms with Crippen LogP contribution in [0.5, 0.6) is 11.5 Å². The van der Waals surface area contributed by atoms with Crippen molar-refractivity contribution in [2.24, 2.45) is 0 Å². The summed E-state index contributed by atoms with van der Waals surface area (Å²) >= 11 is 1.46. The van der Waals surface area contributed by atoms with Gasteiger partial charge in [0.2, 0.25) is 6.79 Å². The molecule has 1 aromatic heterocycles. The van der Waals surface area contributed by atoms with Crippen molar-refractivity contribution >= 4 is 34.5 Å². The molecule has 1 N–H and O–H groups in total. The molecule has 5 rings (SSSR count). The topological polar surface area (TPSA) is 76.1 Å². The fourth-order valence-electron chi connectivity index (χ4n) is 4.09. The monoisotopic (exact) mass is 447 g/mol. The molecule has 1 fully saturated rings. The molecule has 0 spiro atoms. The highest BCUT2D eigenvalue weighted by atomic mass is 32.1. The number of thiophene rings is 1. The van der Waals surface area contributed by atoms with Crippen LogP contribution in [0.3, 0.4) is 0 Å². The lowest BCUT2D eigenvalue weighted by atomic mass is 9.98. The Bertz CT molecular complexity index is 1310. The van der Waals surface area contributed by atoms with Crippen LogP contribution in [0.15, 0.2) is 53.4 Å². The number of hydrogen-bond donors (Lipinski definition) is 1. The molecule has 162 valence electrons. The van der Waals surface area contributed by atoms with E-state index >= 15 is 0 Å². The van der Waals surface area contributed by atoms with Gasteiger partial charge in [-0.05, 0) is 79.2 Å². The Morgan fingerprint density at radius 1 is 0.969 bits per heavy atom. The molecule has 2 aliphatic heterocycles.